The summed E-state index contributed by atoms with van der Waals surface area (Å²) < 4.78 is 24.6. The Kier molecular flexibility index (Phi) is 13.5. The molecule has 0 heterocycles. The molecule has 0 aromatic heterocycles. The van der Waals surface area contributed by atoms with Gasteiger partial charge in [0.1, 0.15) is 51.6 Å². The van der Waals surface area contributed by atoms with Crippen molar-refractivity contribution in [2.75, 3.05) is 0 Å². The summed E-state index contributed by atoms with van der Waals surface area (Å²) in [6.07, 6.45) is -0.319. The lowest BCUT2D eigenvalue weighted by Crippen LogP contribution is -2.70. The van der Waals surface area contributed by atoms with Crippen molar-refractivity contribution in [3.63, 3.8) is 0 Å². The highest BCUT2D eigenvalue weighted by molar-refractivity contribution is 6.31. The Labute approximate surface area is 334 Å². The summed E-state index contributed by atoms with van der Waals surface area (Å²) in [6.45, 7) is 12.0. The fraction of sp³-hybridized carbons (Fsp3) is 0.326. The van der Waals surface area contributed by atoms with Crippen molar-refractivity contribution in [3.05, 3.63) is 161 Å². The molecule has 0 aliphatic carbocycles. The van der Waals surface area contributed by atoms with E-state index in [1.807, 2.05) is 175 Å². The van der Waals surface area contributed by atoms with Gasteiger partial charge in [0, 0.05) is 11.1 Å². The molecule has 5 rings (SSSR count). The molecule has 0 saturated carbocycles. The SMILES string of the molecule is CC(C)(C)OC(=O)NC(CCCc1ccc(Oc2cccc(OCc3ccccc3)c2)cc1Cl)(C(O)C(O[SiH3])(c1ccccc1)c1ccccc1)C(C)(C)C. The number of alkyl carbamates (subject to hydrolysis) is 1. The molecule has 0 aliphatic rings. The van der Waals surface area contributed by atoms with Crippen molar-refractivity contribution in [1.82, 2.24) is 5.32 Å². The van der Waals surface area contributed by atoms with Gasteiger partial charge in [-0.2, -0.15) is 0 Å². The van der Waals surface area contributed by atoms with Gasteiger partial charge < -0.3 is 29.1 Å². The van der Waals surface area contributed by atoms with Crippen LogP contribution in [0.1, 0.15) is 76.6 Å². The molecule has 2 unspecified atom stereocenters. The van der Waals surface area contributed by atoms with Crippen LogP contribution in [0.5, 0.6) is 17.2 Å². The number of amides is 1. The number of ether oxygens (including phenoxy) is 3. The van der Waals surface area contributed by atoms with Crippen molar-refractivity contribution in [1.29, 1.82) is 0 Å². The summed E-state index contributed by atoms with van der Waals surface area (Å²) in [5.74, 6) is 1.93. The largest absolute Gasteiger partial charge is 0.489 e. The first kappa shape index (κ1) is 41.6. The molecule has 2 atom stereocenters. The zero-order valence-electron chi connectivity index (χ0n) is 33.0. The highest BCUT2D eigenvalue weighted by atomic mass is 35.5. The molecule has 0 bridgehead atoms. The Balaban J connectivity index is 1.42. The molecule has 55 heavy (non-hydrogen) atoms. The summed E-state index contributed by atoms with van der Waals surface area (Å²) in [7, 11) is 0.304. The molecule has 7 nitrogen and oxygen atoms in total. The van der Waals surface area contributed by atoms with Crippen LogP contribution < -0.4 is 14.8 Å². The summed E-state index contributed by atoms with van der Waals surface area (Å²) >= 11 is 6.90. The minimum atomic E-state index is -1.29. The molecule has 9 heteroatoms. The van der Waals surface area contributed by atoms with E-state index in [1.54, 1.807) is 0 Å². The van der Waals surface area contributed by atoms with E-state index in [1.165, 1.54) is 0 Å². The number of carbonyl (C=O) groups excluding carboxylic acids is 1. The van der Waals surface area contributed by atoms with Gasteiger partial charge >= 0.3 is 6.09 Å². The molecule has 0 saturated heterocycles. The van der Waals surface area contributed by atoms with Crippen LogP contribution in [0.15, 0.2) is 133 Å². The van der Waals surface area contributed by atoms with Crippen molar-refractivity contribution in [3.8, 4) is 17.2 Å². The summed E-state index contributed by atoms with van der Waals surface area (Å²) in [4.78, 5) is 13.8. The quantitative estimate of drug-likeness (QED) is 0.103. The standard InChI is InChI=1S/C46H54ClNO6Si/c1-43(2,3)45(48-42(50)53-44(4,5)6,41(49)46(54-55,35-21-12-8-13-22-35)36-23-14-9-15-24-36)29-17-20-34-27-28-39(31-40(34)47)52-38-26-16-25-37(30-38)51-32-33-18-10-7-11-19-33/h7-16,18-19,21-28,30-31,41,49H,17,20,29,32H2,1-6,55H3,(H,48,50). The lowest BCUT2D eigenvalue weighted by molar-refractivity contribution is -0.115. The second-order valence-electron chi connectivity index (χ2n) is 15.9. The highest BCUT2D eigenvalue weighted by Gasteiger charge is 2.58. The molecule has 0 fully saturated rings. The summed E-state index contributed by atoms with van der Waals surface area (Å²) in [5.41, 5.74) is -0.398. The number of aliphatic hydroxyl groups excluding tert-OH is 1. The Bertz CT molecular complexity index is 1940. The molecule has 2 N–H and O–H groups in total. The molecule has 290 valence electrons. The number of halogens is 1. The molecular weight excluding hydrogens is 726 g/mol. The fourth-order valence-corrected chi connectivity index (χ4v) is 8.09. The molecule has 5 aromatic carbocycles. The third-order valence-electron chi connectivity index (χ3n) is 9.97. The first-order valence-corrected chi connectivity index (χ1v) is 19.9. The smallest absolute Gasteiger partial charge is 0.408 e. The van der Waals surface area contributed by atoms with Gasteiger partial charge in [-0.3, -0.25) is 0 Å². The van der Waals surface area contributed by atoms with E-state index in [2.05, 4.69) is 5.32 Å². The number of rotatable bonds is 15. The summed E-state index contributed by atoms with van der Waals surface area (Å²) in [5, 5.41) is 16.9. The van der Waals surface area contributed by atoms with E-state index in [0.29, 0.717) is 58.6 Å². The van der Waals surface area contributed by atoms with Gasteiger partial charge in [-0.15, -0.1) is 0 Å². The van der Waals surface area contributed by atoms with E-state index >= 15 is 0 Å². The number of aliphatic hydroxyl groups is 1. The van der Waals surface area contributed by atoms with Gasteiger partial charge in [0.05, 0.1) is 5.54 Å². The average Bonchev–Trinajstić information content (AvgIpc) is 3.15. The molecule has 5 aromatic rings. The van der Waals surface area contributed by atoms with Gasteiger partial charge in [-0.05, 0) is 92.0 Å². The van der Waals surface area contributed by atoms with Crippen molar-refractivity contribution >= 4 is 28.2 Å². The van der Waals surface area contributed by atoms with Crippen LogP contribution in [0, 0.1) is 5.41 Å². The van der Waals surface area contributed by atoms with Gasteiger partial charge in [0.25, 0.3) is 0 Å². The second-order valence-corrected chi connectivity index (χ2v) is 16.7. The Hall–Kier alpha value is -4.60. The Morgan fingerprint density at radius 3 is 1.85 bits per heavy atom. The van der Waals surface area contributed by atoms with Crippen LogP contribution >= 0.6 is 11.6 Å². The number of hydrogen-bond acceptors (Lipinski definition) is 6. The second kappa shape index (κ2) is 17.9. The monoisotopic (exact) mass is 779 g/mol. The predicted octanol–water partition coefficient (Wildman–Crippen LogP) is 9.95. The molecule has 1 amide bonds. The first-order valence-electron chi connectivity index (χ1n) is 18.8. The van der Waals surface area contributed by atoms with Crippen LogP contribution in [0.3, 0.4) is 0 Å². The number of benzene rings is 5. The molecule has 0 aliphatic heterocycles. The molecule has 0 spiro atoms. The predicted molar refractivity (Wildman–Crippen MR) is 224 cm³/mol. The Morgan fingerprint density at radius 1 is 0.745 bits per heavy atom. The number of nitrogens with one attached hydrogen (secondary N) is 1. The highest BCUT2D eigenvalue weighted by Crippen LogP contribution is 2.48. The molecular formula is C46H54ClNO6Si. The lowest BCUT2D eigenvalue weighted by Gasteiger charge is -2.54. The van der Waals surface area contributed by atoms with Crippen molar-refractivity contribution in [2.45, 2.75) is 90.3 Å². The van der Waals surface area contributed by atoms with Crippen LogP contribution in [0.2, 0.25) is 5.02 Å². The van der Waals surface area contributed by atoms with Gasteiger partial charge in [-0.25, -0.2) is 4.79 Å². The number of aryl methyl sites for hydroxylation is 1. The topological polar surface area (TPSA) is 86.3 Å². The maximum Gasteiger partial charge on any atom is 0.408 e. The number of carbonyl (C=O) groups is 1. The van der Waals surface area contributed by atoms with Crippen LogP contribution in [-0.4, -0.2) is 38.9 Å². The van der Waals surface area contributed by atoms with E-state index in [0.717, 1.165) is 22.3 Å². The maximum absolute atomic E-state index is 13.8. The zero-order valence-corrected chi connectivity index (χ0v) is 35.7. The van der Waals surface area contributed by atoms with Crippen LogP contribution in [0.25, 0.3) is 0 Å². The van der Waals surface area contributed by atoms with Gasteiger partial charge in [0.15, 0.2) is 0 Å². The van der Waals surface area contributed by atoms with E-state index in [9.17, 15) is 9.90 Å². The third kappa shape index (κ3) is 10.2. The minimum absolute atomic E-state index is 0.304. The fourth-order valence-electron chi connectivity index (χ4n) is 7.13. The molecule has 0 radical (unpaired) electrons. The van der Waals surface area contributed by atoms with E-state index < -0.39 is 34.4 Å². The van der Waals surface area contributed by atoms with Crippen molar-refractivity contribution < 1.29 is 28.5 Å². The first-order chi connectivity index (χ1) is 26.2. The maximum atomic E-state index is 13.8. The van der Waals surface area contributed by atoms with E-state index in [4.69, 9.17) is 30.2 Å². The van der Waals surface area contributed by atoms with Crippen LogP contribution in [0.4, 0.5) is 4.79 Å². The van der Waals surface area contributed by atoms with E-state index in [-0.39, 0.29) is 0 Å². The van der Waals surface area contributed by atoms with Crippen LogP contribution in [-0.2, 0) is 27.8 Å². The average molecular weight is 780 g/mol. The van der Waals surface area contributed by atoms with Gasteiger partial charge in [-0.1, -0.05) is 136 Å². The van der Waals surface area contributed by atoms with Crippen molar-refractivity contribution in [2.24, 2.45) is 5.41 Å². The Morgan fingerprint density at radius 2 is 1.31 bits per heavy atom. The normalized spacial score (nSPS) is 13.7. The third-order valence-corrected chi connectivity index (χ3v) is 11.0. The van der Waals surface area contributed by atoms with Gasteiger partial charge in [0.2, 0.25) is 0 Å². The summed E-state index contributed by atoms with van der Waals surface area (Å²) in [6, 6.07) is 42.7. The zero-order chi connectivity index (χ0) is 39.7. The lowest BCUT2D eigenvalue weighted by atomic mass is 9.61. The number of hydrogen-bond donors (Lipinski definition) is 2. The minimum Gasteiger partial charge on any atom is -0.489 e.